The lowest BCUT2D eigenvalue weighted by molar-refractivity contribution is -0.139. The molecule has 0 aromatic heterocycles. The van der Waals surface area contributed by atoms with Crippen molar-refractivity contribution in [3.05, 3.63) is 29.8 Å². The van der Waals surface area contributed by atoms with Gasteiger partial charge in [-0.15, -0.1) is 0 Å². The van der Waals surface area contributed by atoms with Crippen LogP contribution in [0.4, 0.5) is 5.69 Å². The third-order valence-electron chi connectivity index (χ3n) is 6.58. The van der Waals surface area contributed by atoms with E-state index in [9.17, 15) is 14.4 Å². The number of benzene rings is 1. The van der Waals surface area contributed by atoms with Crippen molar-refractivity contribution < 1.29 is 14.4 Å². The van der Waals surface area contributed by atoms with Crippen LogP contribution >= 0.6 is 0 Å². The number of hydrogen-bond acceptors (Lipinski definition) is 4. The number of anilines is 1. The lowest BCUT2D eigenvalue weighted by Gasteiger charge is -2.34. The van der Waals surface area contributed by atoms with Gasteiger partial charge in [-0.1, -0.05) is 12.1 Å². The number of nitrogens with one attached hydrogen (secondary N) is 1. The van der Waals surface area contributed by atoms with Crippen LogP contribution in [0.3, 0.4) is 0 Å². The molecule has 4 rings (SSSR count). The zero-order chi connectivity index (χ0) is 19.7. The molecule has 3 heterocycles. The average molecular weight is 383 g/mol. The van der Waals surface area contributed by atoms with Crippen LogP contribution in [0, 0.1) is 5.41 Å². The van der Waals surface area contributed by atoms with E-state index < -0.39 is 5.41 Å². The molecule has 150 valence electrons. The molecule has 1 aromatic carbocycles. The molecule has 3 amide bonds. The Balaban J connectivity index is 1.31. The Bertz CT molecular complexity index is 762. The summed E-state index contributed by atoms with van der Waals surface area (Å²) in [6, 6.07) is 8.94. The second-order valence-electron chi connectivity index (χ2n) is 8.73. The highest BCUT2D eigenvalue weighted by molar-refractivity contribution is 6.07. The predicted molar refractivity (Wildman–Crippen MR) is 107 cm³/mol. The van der Waals surface area contributed by atoms with Gasteiger partial charge in [0.25, 0.3) is 0 Å². The van der Waals surface area contributed by atoms with Crippen molar-refractivity contribution in [1.29, 1.82) is 0 Å². The number of rotatable bonds is 4. The monoisotopic (exact) mass is 383 g/mol. The number of imide groups is 1. The van der Waals surface area contributed by atoms with Crippen molar-refractivity contribution in [1.82, 2.24) is 10.2 Å². The Hall–Kier alpha value is -2.37. The van der Waals surface area contributed by atoms with E-state index >= 15 is 0 Å². The Morgan fingerprint density at radius 3 is 2.29 bits per heavy atom. The van der Waals surface area contributed by atoms with Gasteiger partial charge in [0, 0.05) is 44.7 Å². The molecule has 1 unspecified atom stereocenters. The van der Waals surface area contributed by atoms with Gasteiger partial charge in [-0.05, 0) is 56.2 Å². The molecule has 1 aromatic rings. The molecular formula is C22H29N3O3. The Morgan fingerprint density at radius 1 is 1.07 bits per heavy atom. The Kier molecular flexibility index (Phi) is 5.13. The maximum absolute atomic E-state index is 12.7. The highest BCUT2D eigenvalue weighted by atomic mass is 16.2. The number of amides is 3. The smallest absolute Gasteiger partial charge is 0.233 e. The van der Waals surface area contributed by atoms with Crippen molar-refractivity contribution in [3.8, 4) is 0 Å². The molecule has 1 atom stereocenters. The number of hydrogen-bond donors (Lipinski definition) is 1. The molecule has 0 spiro atoms. The van der Waals surface area contributed by atoms with Gasteiger partial charge in [-0.25, -0.2) is 0 Å². The predicted octanol–water partition coefficient (Wildman–Crippen LogP) is 2.44. The summed E-state index contributed by atoms with van der Waals surface area (Å²) in [6.07, 6.45) is 4.66. The van der Waals surface area contributed by atoms with Gasteiger partial charge in [-0.3, -0.25) is 19.7 Å². The van der Waals surface area contributed by atoms with Crippen molar-refractivity contribution in [2.45, 2.75) is 51.4 Å². The van der Waals surface area contributed by atoms with Gasteiger partial charge in [0.15, 0.2) is 0 Å². The first-order valence-electron chi connectivity index (χ1n) is 10.4. The highest BCUT2D eigenvalue weighted by Crippen LogP contribution is 2.34. The van der Waals surface area contributed by atoms with Crippen LogP contribution in [-0.4, -0.2) is 48.8 Å². The second kappa shape index (κ2) is 7.57. The first-order chi connectivity index (χ1) is 13.4. The van der Waals surface area contributed by atoms with E-state index in [0.29, 0.717) is 19.0 Å². The molecule has 3 aliphatic rings. The molecule has 1 N–H and O–H groups in total. The molecule has 6 heteroatoms. The van der Waals surface area contributed by atoms with Gasteiger partial charge in [0.2, 0.25) is 17.7 Å². The number of piperidine rings is 1. The topological polar surface area (TPSA) is 69.7 Å². The van der Waals surface area contributed by atoms with Crippen molar-refractivity contribution >= 4 is 23.4 Å². The minimum Gasteiger partial charge on any atom is -0.372 e. The molecule has 0 radical (unpaired) electrons. The van der Waals surface area contributed by atoms with Gasteiger partial charge >= 0.3 is 0 Å². The summed E-state index contributed by atoms with van der Waals surface area (Å²) in [4.78, 5) is 40.4. The van der Waals surface area contributed by atoms with Crippen LogP contribution < -0.4 is 10.2 Å². The van der Waals surface area contributed by atoms with Crippen LogP contribution in [0.15, 0.2) is 24.3 Å². The molecule has 6 nitrogen and oxygen atoms in total. The number of carbonyl (C=O) groups is 3. The molecule has 3 aliphatic heterocycles. The highest BCUT2D eigenvalue weighted by Gasteiger charge is 2.44. The quantitative estimate of drug-likeness (QED) is 0.811. The van der Waals surface area contributed by atoms with E-state index in [1.165, 1.54) is 24.1 Å². The first-order valence-corrected chi connectivity index (χ1v) is 10.4. The van der Waals surface area contributed by atoms with Crippen LogP contribution in [0.5, 0.6) is 0 Å². The maximum Gasteiger partial charge on any atom is 0.233 e. The fourth-order valence-electron chi connectivity index (χ4n) is 4.74. The van der Waals surface area contributed by atoms with Crippen molar-refractivity contribution in [2.75, 3.05) is 31.1 Å². The van der Waals surface area contributed by atoms with Crippen LogP contribution in [-0.2, 0) is 14.4 Å². The summed E-state index contributed by atoms with van der Waals surface area (Å²) in [5.74, 6) is -0.144. The zero-order valence-corrected chi connectivity index (χ0v) is 16.6. The van der Waals surface area contributed by atoms with Crippen LogP contribution in [0.25, 0.3) is 0 Å². The minimum atomic E-state index is -0.892. The number of likely N-dealkylation sites (tertiary alicyclic amines) is 1. The summed E-state index contributed by atoms with van der Waals surface area (Å²) in [6.45, 7) is 5.44. The van der Waals surface area contributed by atoms with Gasteiger partial charge in [0.05, 0.1) is 5.41 Å². The summed E-state index contributed by atoms with van der Waals surface area (Å²) in [7, 11) is 0. The largest absolute Gasteiger partial charge is 0.372 e. The average Bonchev–Trinajstić information content (AvgIpc) is 3.30. The fraction of sp³-hybridized carbons (Fsp3) is 0.591. The molecule has 3 fully saturated rings. The fourth-order valence-corrected chi connectivity index (χ4v) is 4.74. The number of carbonyl (C=O) groups excluding carboxylic acids is 3. The van der Waals surface area contributed by atoms with E-state index in [1.54, 1.807) is 6.92 Å². The second-order valence-corrected chi connectivity index (χ2v) is 8.73. The van der Waals surface area contributed by atoms with Gasteiger partial charge < -0.3 is 9.80 Å². The van der Waals surface area contributed by atoms with Gasteiger partial charge in [-0.2, -0.15) is 0 Å². The SMILES string of the molecule is CC1(CC(=O)N2CCC(c3ccc(N4CCCC4)cc3)CC2)CC(=O)NC1=O. The van der Waals surface area contributed by atoms with Crippen LogP contribution in [0.1, 0.15) is 56.9 Å². The summed E-state index contributed by atoms with van der Waals surface area (Å²) in [5, 5.41) is 2.32. The van der Waals surface area contributed by atoms with E-state index in [4.69, 9.17) is 0 Å². The van der Waals surface area contributed by atoms with Gasteiger partial charge in [0.1, 0.15) is 0 Å². The van der Waals surface area contributed by atoms with E-state index in [-0.39, 0.29) is 30.6 Å². The van der Waals surface area contributed by atoms with E-state index in [2.05, 4.69) is 34.5 Å². The third kappa shape index (κ3) is 3.77. The molecule has 0 saturated carbocycles. The summed E-state index contributed by atoms with van der Waals surface area (Å²) < 4.78 is 0. The standard InChI is InChI=1S/C22H29N3O3/c1-22(14-19(26)23-21(22)28)15-20(27)25-12-8-17(9-13-25)16-4-6-18(7-5-16)24-10-2-3-11-24/h4-7,17H,2-3,8-15H2,1H3,(H,23,26,28). The summed E-state index contributed by atoms with van der Waals surface area (Å²) in [5.41, 5.74) is 1.77. The summed E-state index contributed by atoms with van der Waals surface area (Å²) >= 11 is 0. The lowest BCUT2D eigenvalue weighted by Crippen LogP contribution is -2.41. The van der Waals surface area contributed by atoms with Crippen molar-refractivity contribution in [3.63, 3.8) is 0 Å². The van der Waals surface area contributed by atoms with E-state index in [1.807, 2.05) is 4.90 Å². The number of nitrogens with zero attached hydrogens (tertiary/aromatic N) is 2. The Morgan fingerprint density at radius 2 is 1.71 bits per heavy atom. The molecule has 0 bridgehead atoms. The van der Waals surface area contributed by atoms with Crippen LogP contribution in [0.2, 0.25) is 0 Å². The Labute approximate surface area is 166 Å². The normalized spacial score (nSPS) is 26.0. The third-order valence-corrected chi connectivity index (χ3v) is 6.58. The van der Waals surface area contributed by atoms with E-state index in [0.717, 1.165) is 25.9 Å². The first kappa shape index (κ1) is 19.0. The molecule has 3 saturated heterocycles. The molecular weight excluding hydrogens is 354 g/mol. The molecule has 0 aliphatic carbocycles. The maximum atomic E-state index is 12.7. The van der Waals surface area contributed by atoms with Crippen molar-refractivity contribution in [2.24, 2.45) is 5.41 Å². The zero-order valence-electron chi connectivity index (χ0n) is 16.6. The minimum absolute atomic E-state index is 0.0184. The lowest BCUT2D eigenvalue weighted by atomic mass is 9.83. The molecule has 28 heavy (non-hydrogen) atoms.